The van der Waals surface area contributed by atoms with Crippen molar-refractivity contribution in [1.82, 2.24) is 0 Å². The summed E-state index contributed by atoms with van der Waals surface area (Å²) >= 11 is 0. The zero-order valence-electron chi connectivity index (χ0n) is 8.10. The van der Waals surface area contributed by atoms with Crippen molar-refractivity contribution < 1.29 is 0 Å². The largest absolute Gasteiger partial charge is 0.0654 e. The van der Waals surface area contributed by atoms with E-state index in [4.69, 9.17) is 0 Å². The Kier molecular flexibility index (Phi) is 3.96. The molecular formula is C11H22. The van der Waals surface area contributed by atoms with E-state index in [1.807, 2.05) is 0 Å². The van der Waals surface area contributed by atoms with E-state index in [-0.39, 0.29) is 0 Å². The molecule has 0 aliphatic heterocycles. The third kappa shape index (κ3) is 2.50. The lowest BCUT2D eigenvalue weighted by Crippen LogP contribution is -2.09. The minimum Gasteiger partial charge on any atom is -0.0654 e. The van der Waals surface area contributed by atoms with Crippen LogP contribution >= 0.6 is 0 Å². The number of hydrogen-bond donors (Lipinski definition) is 0. The van der Waals surface area contributed by atoms with Gasteiger partial charge in [0.25, 0.3) is 0 Å². The fourth-order valence-electron chi connectivity index (χ4n) is 2.57. The quantitative estimate of drug-likeness (QED) is 0.574. The van der Waals surface area contributed by atoms with E-state index in [9.17, 15) is 0 Å². The maximum atomic E-state index is 2.36. The average Bonchev–Trinajstić information content (AvgIpc) is 2.52. The van der Waals surface area contributed by atoms with Crippen LogP contribution in [0.3, 0.4) is 0 Å². The molecule has 1 saturated carbocycles. The molecule has 0 heteroatoms. The van der Waals surface area contributed by atoms with Gasteiger partial charge in [-0.1, -0.05) is 58.8 Å². The van der Waals surface area contributed by atoms with Gasteiger partial charge in [-0.2, -0.15) is 0 Å². The first-order chi connectivity index (χ1) is 5.38. The third-order valence-corrected chi connectivity index (χ3v) is 3.25. The van der Waals surface area contributed by atoms with Gasteiger partial charge in [-0.25, -0.2) is 0 Å². The zero-order chi connectivity index (χ0) is 8.10. The first kappa shape index (κ1) is 9.09. The average molecular weight is 154 g/mol. The highest BCUT2D eigenvalue weighted by Gasteiger charge is 2.22. The second-order valence-electron chi connectivity index (χ2n) is 4.00. The highest BCUT2D eigenvalue weighted by atomic mass is 14.3. The van der Waals surface area contributed by atoms with Crippen molar-refractivity contribution >= 4 is 0 Å². The Hall–Kier alpha value is 0. The van der Waals surface area contributed by atoms with Gasteiger partial charge in [0.2, 0.25) is 0 Å². The van der Waals surface area contributed by atoms with E-state index in [0.717, 1.165) is 11.8 Å². The molecule has 1 aliphatic rings. The fourth-order valence-corrected chi connectivity index (χ4v) is 2.57. The predicted molar refractivity (Wildman–Crippen MR) is 50.6 cm³/mol. The van der Waals surface area contributed by atoms with Gasteiger partial charge in [0.1, 0.15) is 0 Å². The Bertz CT molecular complexity index is 90.2. The van der Waals surface area contributed by atoms with Gasteiger partial charge in [0.15, 0.2) is 0 Å². The van der Waals surface area contributed by atoms with Crippen LogP contribution in [-0.2, 0) is 0 Å². The van der Waals surface area contributed by atoms with E-state index >= 15 is 0 Å². The normalized spacial score (nSPS) is 22.4. The predicted octanol–water partition coefficient (Wildman–Crippen LogP) is 4.00. The van der Waals surface area contributed by atoms with Gasteiger partial charge >= 0.3 is 0 Å². The molecule has 1 atom stereocenters. The number of rotatable bonds is 4. The summed E-state index contributed by atoms with van der Waals surface area (Å²) in [6, 6.07) is 0. The van der Waals surface area contributed by atoms with Crippen molar-refractivity contribution in [2.45, 2.75) is 58.8 Å². The fraction of sp³-hybridized carbons (Fsp3) is 1.00. The molecule has 1 fully saturated rings. The molecule has 0 aromatic rings. The monoisotopic (exact) mass is 154 g/mol. The second-order valence-corrected chi connectivity index (χ2v) is 4.00. The molecule has 0 nitrogen and oxygen atoms in total. The van der Waals surface area contributed by atoms with Crippen molar-refractivity contribution in [1.29, 1.82) is 0 Å². The minimum absolute atomic E-state index is 1.06. The maximum absolute atomic E-state index is 2.36. The van der Waals surface area contributed by atoms with E-state index in [0.29, 0.717) is 0 Å². The summed E-state index contributed by atoms with van der Waals surface area (Å²) in [5.41, 5.74) is 0. The van der Waals surface area contributed by atoms with Crippen molar-refractivity contribution in [2.24, 2.45) is 11.8 Å². The molecule has 0 amide bonds. The summed E-state index contributed by atoms with van der Waals surface area (Å²) in [7, 11) is 0. The molecule has 0 saturated heterocycles. The molecule has 1 unspecified atom stereocenters. The lowest BCUT2D eigenvalue weighted by atomic mass is 9.85. The molecule has 1 rings (SSSR count). The zero-order valence-corrected chi connectivity index (χ0v) is 8.10. The van der Waals surface area contributed by atoms with Gasteiger partial charge < -0.3 is 0 Å². The van der Waals surface area contributed by atoms with Crippen molar-refractivity contribution in [3.05, 3.63) is 0 Å². The van der Waals surface area contributed by atoms with E-state index in [2.05, 4.69) is 13.8 Å². The molecule has 0 aromatic heterocycles. The Morgan fingerprint density at radius 1 is 1.18 bits per heavy atom. The summed E-state index contributed by atoms with van der Waals surface area (Å²) in [6.07, 6.45) is 10.3. The van der Waals surface area contributed by atoms with Gasteiger partial charge in [-0.15, -0.1) is 0 Å². The molecule has 0 N–H and O–H groups in total. The van der Waals surface area contributed by atoms with Crippen molar-refractivity contribution in [3.8, 4) is 0 Å². The first-order valence-corrected chi connectivity index (χ1v) is 5.38. The SMILES string of the molecule is CCCC(CC)C1CCCC1. The first-order valence-electron chi connectivity index (χ1n) is 5.38. The summed E-state index contributed by atoms with van der Waals surface area (Å²) in [4.78, 5) is 0. The second kappa shape index (κ2) is 4.79. The molecule has 1 aliphatic carbocycles. The standard InChI is InChI=1S/C11H22/c1-3-7-10(4-2)11-8-5-6-9-11/h10-11H,3-9H2,1-2H3. The van der Waals surface area contributed by atoms with E-state index < -0.39 is 0 Å². The van der Waals surface area contributed by atoms with Gasteiger partial charge in [-0.05, 0) is 11.8 Å². The van der Waals surface area contributed by atoms with Crippen LogP contribution in [0.25, 0.3) is 0 Å². The smallest absolute Gasteiger partial charge is 0.0386 e. The highest BCUT2D eigenvalue weighted by Crippen LogP contribution is 2.35. The summed E-state index contributed by atoms with van der Waals surface area (Å²) in [6.45, 7) is 4.68. The third-order valence-electron chi connectivity index (χ3n) is 3.25. The molecule has 0 spiro atoms. The summed E-state index contributed by atoms with van der Waals surface area (Å²) in [5.74, 6) is 2.16. The number of hydrogen-bond acceptors (Lipinski definition) is 0. The minimum atomic E-state index is 1.06. The van der Waals surface area contributed by atoms with E-state index in [1.165, 1.54) is 44.9 Å². The van der Waals surface area contributed by atoms with Crippen LogP contribution < -0.4 is 0 Å². The molecule has 66 valence electrons. The van der Waals surface area contributed by atoms with Gasteiger partial charge in [-0.3, -0.25) is 0 Å². The van der Waals surface area contributed by atoms with Crippen LogP contribution in [-0.4, -0.2) is 0 Å². The van der Waals surface area contributed by atoms with Crippen LogP contribution in [0, 0.1) is 11.8 Å². The molecule has 0 bridgehead atoms. The van der Waals surface area contributed by atoms with Gasteiger partial charge in [0, 0.05) is 0 Å². The molecular weight excluding hydrogens is 132 g/mol. The Morgan fingerprint density at radius 3 is 2.27 bits per heavy atom. The molecule has 0 radical (unpaired) electrons. The molecule has 0 heterocycles. The Labute approximate surface area is 71.4 Å². The molecule has 0 aromatic carbocycles. The maximum Gasteiger partial charge on any atom is -0.0386 e. The lowest BCUT2D eigenvalue weighted by Gasteiger charge is -2.20. The van der Waals surface area contributed by atoms with Crippen LogP contribution in [0.1, 0.15) is 58.8 Å². The van der Waals surface area contributed by atoms with Crippen LogP contribution in [0.15, 0.2) is 0 Å². The Balaban J connectivity index is 2.27. The van der Waals surface area contributed by atoms with Gasteiger partial charge in [0.05, 0.1) is 0 Å². The summed E-state index contributed by atoms with van der Waals surface area (Å²) in [5, 5.41) is 0. The van der Waals surface area contributed by atoms with Crippen LogP contribution in [0.4, 0.5) is 0 Å². The highest BCUT2D eigenvalue weighted by molar-refractivity contribution is 4.74. The van der Waals surface area contributed by atoms with Crippen LogP contribution in [0.2, 0.25) is 0 Å². The van der Waals surface area contributed by atoms with Crippen molar-refractivity contribution in [3.63, 3.8) is 0 Å². The lowest BCUT2D eigenvalue weighted by molar-refractivity contribution is 0.307. The topological polar surface area (TPSA) is 0 Å². The van der Waals surface area contributed by atoms with Crippen LogP contribution in [0.5, 0.6) is 0 Å². The van der Waals surface area contributed by atoms with E-state index in [1.54, 1.807) is 0 Å². The summed E-state index contributed by atoms with van der Waals surface area (Å²) < 4.78 is 0. The van der Waals surface area contributed by atoms with Crippen molar-refractivity contribution in [2.75, 3.05) is 0 Å². The molecule has 11 heavy (non-hydrogen) atoms. The Morgan fingerprint density at radius 2 is 1.82 bits per heavy atom.